The van der Waals surface area contributed by atoms with E-state index in [0.717, 1.165) is 24.4 Å². The Morgan fingerprint density at radius 1 is 1.00 bits per heavy atom. The van der Waals surface area contributed by atoms with E-state index in [1.54, 1.807) is 0 Å². The molecule has 0 saturated heterocycles. The van der Waals surface area contributed by atoms with Crippen molar-refractivity contribution in [3.05, 3.63) is 62.6 Å². The van der Waals surface area contributed by atoms with Gasteiger partial charge < -0.3 is 0 Å². The Hall–Kier alpha value is -1.36. The monoisotopic (exact) mass is 334 g/mol. The molecule has 2 rings (SSSR count). The molecular formula is C13H7Cl3F2N2. The lowest BCUT2D eigenvalue weighted by Gasteiger charge is -2.06. The second-order valence-electron chi connectivity index (χ2n) is 3.78. The van der Waals surface area contributed by atoms with E-state index < -0.39 is 11.6 Å². The van der Waals surface area contributed by atoms with Gasteiger partial charge in [-0.1, -0.05) is 34.8 Å². The summed E-state index contributed by atoms with van der Waals surface area (Å²) < 4.78 is 26.3. The van der Waals surface area contributed by atoms with E-state index in [1.165, 1.54) is 12.1 Å². The maximum absolute atomic E-state index is 13.4. The summed E-state index contributed by atoms with van der Waals surface area (Å²) in [5.74, 6) is -1.15. The summed E-state index contributed by atoms with van der Waals surface area (Å²) in [4.78, 5) is 0. The quantitative estimate of drug-likeness (QED) is 0.592. The summed E-state index contributed by atoms with van der Waals surface area (Å²) in [6, 6.07) is 6.02. The molecule has 20 heavy (non-hydrogen) atoms. The van der Waals surface area contributed by atoms with Crippen molar-refractivity contribution in [2.24, 2.45) is 5.10 Å². The summed E-state index contributed by atoms with van der Waals surface area (Å²) in [5, 5.41) is 4.68. The van der Waals surface area contributed by atoms with Crippen molar-refractivity contribution in [1.82, 2.24) is 0 Å². The zero-order valence-electron chi connectivity index (χ0n) is 9.80. The molecule has 104 valence electrons. The number of hydrogen-bond donors (Lipinski definition) is 1. The third-order valence-electron chi connectivity index (χ3n) is 2.34. The smallest absolute Gasteiger partial charge is 0.132 e. The molecule has 0 spiro atoms. The topological polar surface area (TPSA) is 24.4 Å². The molecule has 0 amide bonds. The molecule has 0 fully saturated rings. The summed E-state index contributed by atoms with van der Waals surface area (Å²) in [7, 11) is 0. The SMILES string of the molecule is Fc1ccc(F)c(/C=N\Nc2c(Cl)cc(Cl)cc2Cl)c1. The summed E-state index contributed by atoms with van der Waals surface area (Å²) in [6.07, 6.45) is 1.12. The van der Waals surface area contributed by atoms with Crippen LogP contribution in [-0.4, -0.2) is 6.21 Å². The van der Waals surface area contributed by atoms with Gasteiger partial charge in [0.15, 0.2) is 0 Å². The van der Waals surface area contributed by atoms with Crippen molar-refractivity contribution in [2.75, 3.05) is 5.43 Å². The van der Waals surface area contributed by atoms with Gasteiger partial charge in [0.05, 0.1) is 21.9 Å². The van der Waals surface area contributed by atoms with Crippen LogP contribution in [0.1, 0.15) is 5.56 Å². The molecule has 0 aliphatic carbocycles. The third kappa shape index (κ3) is 3.60. The highest BCUT2D eigenvalue weighted by Crippen LogP contribution is 2.33. The van der Waals surface area contributed by atoms with Crippen LogP contribution in [0.4, 0.5) is 14.5 Å². The number of nitrogens with zero attached hydrogens (tertiary/aromatic N) is 1. The van der Waals surface area contributed by atoms with Crippen molar-refractivity contribution < 1.29 is 8.78 Å². The van der Waals surface area contributed by atoms with Crippen molar-refractivity contribution in [3.8, 4) is 0 Å². The molecule has 2 aromatic carbocycles. The zero-order valence-corrected chi connectivity index (χ0v) is 12.1. The molecule has 1 N–H and O–H groups in total. The van der Waals surface area contributed by atoms with E-state index in [9.17, 15) is 8.78 Å². The average Bonchev–Trinajstić information content (AvgIpc) is 2.36. The molecule has 0 saturated carbocycles. The first-order valence-corrected chi connectivity index (χ1v) is 6.49. The largest absolute Gasteiger partial charge is 0.275 e. The van der Waals surface area contributed by atoms with Crippen LogP contribution in [0.2, 0.25) is 15.1 Å². The fourth-order valence-corrected chi connectivity index (χ4v) is 2.33. The van der Waals surface area contributed by atoms with Crippen LogP contribution in [0.25, 0.3) is 0 Å². The average molecular weight is 336 g/mol. The van der Waals surface area contributed by atoms with E-state index >= 15 is 0 Å². The van der Waals surface area contributed by atoms with Gasteiger partial charge in [0.25, 0.3) is 0 Å². The first-order chi connectivity index (χ1) is 9.47. The molecule has 2 aromatic rings. The molecule has 7 heteroatoms. The van der Waals surface area contributed by atoms with E-state index in [-0.39, 0.29) is 15.6 Å². The molecule has 0 aromatic heterocycles. The minimum atomic E-state index is -0.592. The highest BCUT2D eigenvalue weighted by atomic mass is 35.5. The lowest BCUT2D eigenvalue weighted by molar-refractivity contribution is 0.598. The Morgan fingerprint density at radius 3 is 2.30 bits per heavy atom. The van der Waals surface area contributed by atoms with E-state index in [1.807, 2.05) is 0 Å². The van der Waals surface area contributed by atoms with Gasteiger partial charge in [-0.25, -0.2) is 8.78 Å². The second-order valence-corrected chi connectivity index (χ2v) is 5.03. The van der Waals surface area contributed by atoms with E-state index in [4.69, 9.17) is 34.8 Å². The number of hydrogen-bond acceptors (Lipinski definition) is 2. The molecule has 0 heterocycles. The molecule has 0 radical (unpaired) electrons. The van der Waals surface area contributed by atoms with Crippen LogP contribution < -0.4 is 5.43 Å². The van der Waals surface area contributed by atoms with E-state index in [0.29, 0.717) is 10.7 Å². The zero-order chi connectivity index (χ0) is 14.7. The predicted molar refractivity (Wildman–Crippen MR) is 79.0 cm³/mol. The maximum Gasteiger partial charge on any atom is 0.132 e. The summed E-state index contributed by atoms with van der Waals surface area (Å²) in [6.45, 7) is 0. The van der Waals surface area contributed by atoms with Crippen molar-refractivity contribution >= 4 is 46.7 Å². The number of hydrazone groups is 1. The second kappa shape index (κ2) is 6.39. The van der Waals surface area contributed by atoms with Gasteiger partial charge >= 0.3 is 0 Å². The summed E-state index contributed by atoms with van der Waals surface area (Å²) in [5.41, 5.74) is 2.89. The molecule has 2 nitrogen and oxygen atoms in total. The predicted octanol–water partition coefficient (Wildman–Crippen LogP) is 5.37. The Bertz CT molecular complexity index is 652. The van der Waals surface area contributed by atoms with Gasteiger partial charge in [0, 0.05) is 10.6 Å². The van der Waals surface area contributed by atoms with Crippen LogP contribution in [0, 0.1) is 11.6 Å². The van der Waals surface area contributed by atoms with Crippen LogP contribution in [0.3, 0.4) is 0 Å². The molecule has 0 bridgehead atoms. The Kier molecular flexibility index (Phi) is 4.81. The van der Waals surface area contributed by atoms with Crippen molar-refractivity contribution in [3.63, 3.8) is 0 Å². The highest BCUT2D eigenvalue weighted by Gasteiger charge is 2.07. The van der Waals surface area contributed by atoms with Crippen LogP contribution in [-0.2, 0) is 0 Å². The maximum atomic E-state index is 13.4. The molecule has 0 atom stereocenters. The fourth-order valence-electron chi connectivity index (χ4n) is 1.43. The standard InChI is InChI=1S/C13H7Cl3F2N2/c14-8-4-10(15)13(11(16)5-8)20-19-6-7-3-9(17)1-2-12(7)18/h1-6,20H/b19-6-. The van der Waals surface area contributed by atoms with E-state index in [2.05, 4.69) is 10.5 Å². The van der Waals surface area contributed by atoms with Gasteiger partial charge in [-0.05, 0) is 30.3 Å². The Labute approximate surface area is 129 Å². The van der Waals surface area contributed by atoms with Gasteiger partial charge in [-0.15, -0.1) is 0 Å². The van der Waals surface area contributed by atoms with Gasteiger partial charge in [0.2, 0.25) is 0 Å². The first-order valence-electron chi connectivity index (χ1n) is 5.36. The number of rotatable bonds is 3. The number of benzene rings is 2. The molecule has 0 aliphatic heterocycles. The Morgan fingerprint density at radius 2 is 1.65 bits per heavy atom. The minimum Gasteiger partial charge on any atom is -0.275 e. The molecule has 0 unspecified atom stereocenters. The molecular weight excluding hydrogens is 329 g/mol. The normalized spacial score (nSPS) is 11.1. The van der Waals surface area contributed by atoms with Gasteiger partial charge in [0.1, 0.15) is 11.6 Å². The van der Waals surface area contributed by atoms with Crippen LogP contribution in [0.15, 0.2) is 35.4 Å². The minimum absolute atomic E-state index is 0.00120. The lowest BCUT2D eigenvalue weighted by Crippen LogP contribution is -1.95. The van der Waals surface area contributed by atoms with Crippen LogP contribution in [0.5, 0.6) is 0 Å². The number of nitrogens with one attached hydrogen (secondary N) is 1. The van der Waals surface area contributed by atoms with Crippen LogP contribution >= 0.6 is 34.8 Å². The lowest BCUT2D eigenvalue weighted by atomic mass is 10.2. The first kappa shape index (κ1) is 15.0. The van der Waals surface area contributed by atoms with Gasteiger partial charge in [-0.3, -0.25) is 5.43 Å². The van der Waals surface area contributed by atoms with Crippen molar-refractivity contribution in [2.45, 2.75) is 0 Å². The highest BCUT2D eigenvalue weighted by molar-refractivity contribution is 6.41. The van der Waals surface area contributed by atoms with Gasteiger partial charge in [-0.2, -0.15) is 5.10 Å². The molecule has 0 aliphatic rings. The number of halogens is 5. The fraction of sp³-hybridized carbons (Fsp3) is 0. The summed E-state index contributed by atoms with van der Waals surface area (Å²) >= 11 is 17.6. The third-order valence-corrected chi connectivity index (χ3v) is 3.16. The number of anilines is 1. The van der Waals surface area contributed by atoms with Crippen molar-refractivity contribution in [1.29, 1.82) is 0 Å². The Balaban J connectivity index is 2.20.